The standard InChI is InChI=1S/C26H27N7O/c27-26-25-23(12-21(33(25)29-17-28-26)7-4-10-31-15-22(34)16-31)19-8-9-20-14-32(30-24(20)11-19)13-18-5-2-1-3-6-18/h1-3,5-6,8-9,11-12,14,17,22,34H,4,7,10,13,15-16H2,(H2,27,28,29). The summed E-state index contributed by atoms with van der Waals surface area (Å²) in [7, 11) is 0. The van der Waals surface area contributed by atoms with Crippen molar-refractivity contribution >= 4 is 22.2 Å². The van der Waals surface area contributed by atoms with Gasteiger partial charge >= 0.3 is 0 Å². The molecule has 0 bridgehead atoms. The molecule has 1 saturated heterocycles. The number of aliphatic hydroxyl groups excluding tert-OH is 1. The number of aromatic nitrogens is 5. The van der Waals surface area contributed by atoms with Crippen molar-refractivity contribution in [2.45, 2.75) is 25.5 Å². The van der Waals surface area contributed by atoms with Crippen molar-refractivity contribution in [1.82, 2.24) is 29.3 Å². The van der Waals surface area contributed by atoms with Crippen LogP contribution in [0.2, 0.25) is 0 Å². The quantitative estimate of drug-likeness (QED) is 0.393. The van der Waals surface area contributed by atoms with Gasteiger partial charge in [-0.25, -0.2) is 9.50 Å². The van der Waals surface area contributed by atoms with E-state index >= 15 is 0 Å². The molecule has 0 aliphatic carbocycles. The molecule has 1 aliphatic rings. The third kappa shape index (κ3) is 3.91. The summed E-state index contributed by atoms with van der Waals surface area (Å²) in [6, 6.07) is 18.9. The van der Waals surface area contributed by atoms with Crippen molar-refractivity contribution in [3.05, 3.63) is 78.4 Å². The number of anilines is 1. The smallest absolute Gasteiger partial charge is 0.151 e. The van der Waals surface area contributed by atoms with Gasteiger partial charge in [-0.05, 0) is 42.6 Å². The number of fused-ring (bicyclic) bond motifs is 2. The van der Waals surface area contributed by atoms with Crippen molar-refractivity contribution in [3.63, 3.8) is 0 Å². The van der Waals surface area contributed by atoms with E-state index in [1.165, 1.54) is 11.9 Å². The van der Waals surface area contributed by atoms with Gasteiger partial charge in [0, 0.05) is 35.9 Å². The Bertz CT molecular complexity index is 1450. The Morgan fingerprint density at radius 3 is 2.74 bits per heavy atom. The SMILES string of the molecule is Nc1ncnn2c(CCCN3CC(O)C3)cc(-c3ccc4cn(Cc5ccccc5)nc4c3)c12. The van der Waals surface area contributed by atoms with Gasteiger partial charge in [-0.2, -0.15) is 10.2 Å². The number of aliphatic hydroxyl groups is 1. The highest BCUT2D eigenvalue weighted by molar-refractivity contribution is 5.92. The fraction of sp³-hybridized carbons (Fsp3) is 0.269. The summed E-state index contributed by atoms with van der Waals surface area (Å²) in [4.78, 5) is 6.52. The van der Waals surface area contributed by atoms with Crippen LogP contribution in [0.4, 0.5) is 5.82 Å². The summed E-state index contributed by atoms with van der Waals surface area (Å²) < 4.78 is 3.90. The normalized spacial score (nSPS) is 14.7. The van der Waals surface area contributed by atoms with Crippen molar-refractivity contribution in [2.24, 2.45) is 0 Å². The molecule has 2 aromatic carbocycles. The van der Waals surface area contributed by atoms with Crippen molar-refractivity contribution < 1.29 is 5.11 Å². The van der Waals surface area contributed by atoms with E-state index in [0.29, 0.717) is 5.82 Å². The van der Waals surface area contributed by atoms with Gasteiger partial charge in [0.25, 0.3) is 0 Å². The second-order valence-electron chi connectivity index (χ2n) is 9.06. The fourth-order valence-electron chi connectivity index (χ4n) is 4.83. The molecule has 1 fully saturated rings. The zero-order valence-electron chi connectivity index (χ0n) is 18.9. The van der Waals surface area contributed by atoms with Crippen LogP contribution < -0.4 is 5.73 Å². The van der Waals surface area contributed by atoms with Crippen molar-refractivity contribution in [3.8, 4) is 11.1 Å². The van der Waals surface area contributed by atoms with Crippen LogP contribution in [0.25, 0.3) is 27.5 Å². The molecular weight excluding hydrogens is 426 g/mol. The summed E-state index contributed by atoms with van der Waals surface area (Å²) in [6.07, 6.45) is 5.29. The molecule has 3 aromatic heterocycles. The molecule has 8 heteroatoms. The number of nitrogens with zero attached hydrogens (tertiary/aromatic N) is 6. The van der Waals surface area contributed by atoms with Gasteiger partial charge in [-0.15, -0.1) is 0 Å². The fourth-order valence-corrected chi connectivity index (χ4v) is 4.83. The lowest BCUT2D eigenvalue weighted by Crippen LogP contribution is -2.50. The van der Waals surface area contributed by atoms with Crippen molar-refractivity contribution in [2.75, 3.05) is 25.4 Å². The van der Waals surface area contributed by atoms with Crippen molar-refractivity contribution in [1.29, 1.82) is 0 Å². The van der Waals surface area contributed by atoms with Gasteiger partial charge in [-0.3, -0.25) is 9.58 Å². The van der Waals surface area contributed by atoms with Crippen LogP contribution >= 0.6 is 0 Å². The third-order valence-corrected chi connectivity index (χ3v) is 6.55. The molecule has 0 saturated carbocycles. The van der Waals surface area contributed by atoms with E-state index in [1.807, 2.05) is 27.4 Å². The number of β-amino-alcohol motifs (C(OH)–C–C–N with tert-alkyl or cyclic N) is 1. The minimum atomic E-state index is -0.167. The Labute approximate surface area is 197 Å². The summed E-state index contributed by atoms with van der Waals surface area (Å²) in [6.45, 7) is 3.24. The van der Waals surface area contributed by atoms with E-state index in [0.717, 1.165) is 72.3 Å². The monoisotopic (exact) mass is 453 g/mol. The molecule has 34 heavy (non-hydrogen) atoms. The Morgan fingerprint density at radius 2 is 1.91 bits per heavy atom. The van der Waals surface area contributed by atoms with Gasteiger partial charge in [0.1, 0.15) is 11.8 Å². The van der Waals surface area contributed by atoms with E-state index in [9.17, 15) is 5.11 Å². The van der Waals surface area contributed by atoms with Gasteiger partial charge < -0.3 is 10.8 Å². The maximum absolute atomic E-state index is 9.50. The molecule has 4 heterocycles. The number of hydrogen-bond donors (Lipinski definition) is 2. The first-order chi connectivity index (χ1) is 16.6. The topological polar surface area (TPSA) is 97.5 Å². The number of likely N-dealkylation sites (tertiary alicyclic amines) is 1. The summed E-state index contributed by atoms with van der Waals surface area (Å²) in [5.74, 6) is 0.469. The van der Waals surface area contributed by atoms with E-state index in [1.54, 1.807) is 0 Å². The Morgan fingerprint density at radius 1 is 1.06 bits per heavy atom. The maximum atomic E-state index is 9.50. The van der Waals surface area contributed by atoms with Crippen LogP contribution in [-0.4, -0.2) is 60.1 Å². The van der Waals surface area contributed by atoms with Crippen LogP contribution in [0.1, 0.15) is 17.7 Å². The van der Waals surface area contributed by atoms with Crippen LogP contribution in [0.5, 0.6) is 0 Å². The first kappa shape index (κ1) is 20.8. The molecule has 1 aliphatic heterocycles. The number of hydrogen-bond acceptors (Lipinski definition) is 6. The van der Waals surface area contributed by atoms with Crippen LogP contribution in [0.3, 0.4) is 0 Å². The molecule has 3 N–H and O–H groups in total. The van der Waals surface area contributed by atoms with Crippen LogP contribution in [0, 0.1) is 0 Å². The minimum Gasteiger partial charge on any atom is -0.390 e. The Balaban J connectivity index is 1.31. The molecule has 0 radical (unpaired) electrons. The second kappa shape index (κ2) is 8.55. The lowest BCUT2D eigenvalue weighted by Gasteiger charge is -2.35. The van der Waals surface area contributed by atoms with Gasteiger partial charge in [0.15, 0.2) is 5.82 Å². The zero-order valence-corrected chi connectivity index (χ0v) is 18.9. The molecule has 5 aromatic rings. The Hall–Kier alpha value is -3.75. The molecule has 0 atom stereocenters. The average molecular weight is 454 g/mol. The predicted octanol–water partition coefficient (Wildman–Crippen LogP) is 2.99. The molecule has 0 spiro atoms. The largest absolute Gasteiger partial charge is 0.390 e. The third-order valence-electron chi connectivity index (χ3n) is 6.55. The molecule has 0 unspecified atom stereocenters. The van der Waals surface area contributed by atoms with Gasteiger partial charge in [-0.1, -0.05) is 42.5 Å². The minimum absolute atomic E-state index is 0.167. The first-order valence-corrected chi connectivity index (χ1v) is 11.7. The molecule has 6 rings (SSSR count). The number of rotatable bonds is 7. The summed E-state index contributed by atoms with van der Waals surface area (Å²) >= 11 is 0. The van der Waals surface area contributed by atoms with E-state index in [4.69, 9.17) is 10.8 Å². The molecule has 0 amide bonds. The average Bonchev–Trinajstić information content (AvgIpc) is 3.39. The molecule has 172 valence electrons. The maximum Gasteiger partial charge on any atom is 0.151 e. The van der Waals surface area contributed by atoms with E-state index in [2.05, 4.69) is 57.6 Å². The highest BCUT2D eigenvalue weighted by Gasteiger charge is 2.23. The first-order valence-electron chi connectivity index (χ1n) is 11.7. The van der Waals surface area contributed by atoms with Crippen LogP contribution in [-0.2, 0) is 13.0 Å². The van der Waals surface area contributed by atoms with Crippen LogP contribution in [0.15, 0.2) is 67.1 Å². The lowest BCUT2D eigenvalue weighted by atomic mass is 10.0. The molecule has 8 nitrogen and oxygen atoms in total. The number of nitrogens with two attached hydrogens (primary N) is 1. The highest BCUT2D eigenvalue weighted by atomic mass is 16.3. The van der Waals surface area contributed by atoms with E-state index < -0.39 is 0 Å². The van der Waals surface area contributed by atoms with E-state index in [-0.39, 0.29) is 6.10 Å². The zero-order chi connectivity index (χ0) is 23.1. The summed E-state index contributed by atoms with van der Waals surface area (Å²) in [5, 5.41) is 19.9. The predicted molar refractivity (Wildman–Crippen MR) is 132 cm³/mol. The molecular formula is C26H27N7O. The number of aryl methyl sites for hydroxylation is 1. The lowest BCUT2D eigenvalue weighted by molar-refractivity contribution is 0.00183. The van der Waals surface area contributed by atoms with Gasteiger partial charge in [0.2, 0.25) is 0 Å². The highest BCUT2D eigenvalue weighted by Crippen LogP contribution is 2.32. The number of nitrogen functional groups attached to an aromatic ring is 1. The second-order valence-corrected chi connectivity index (χ2v) is 9.06. The van der Waals surface area contributed by atoms with Gasteiger partial charge in [0.05, 0.1) is 18.2 Å². The number of benzene rings is 2. The Kier molecular flexibility index (Phi) is 5.24. The summed E-state index contributed by atoms with van der Waals surface area (Å²) in [5.41, 5.74) is 12.5.